The van der Waals surface area contributed by atoms with E-state index in [1.165, 1.54) is 0 Å². The van der Waals surface area contributed by atoms with Gasteiger partial charge in [-0.25, -0.2) is 0 Å². The first-order chi connectivity index (χ1) is 9.52. The summed E-state index contributed by atoms with van der Waals surface area (Å²) in [6.45, 7) is 11.2. The lowest BCUT2D eigenvalue weighted by atomic mass is 9.88. The fourth-order valence-electron chi connectivity index (χ4n) is 2.80. The number of anilines is 1. The molecule has 1 N–H and O–H groups in total. The van der Waals surface area contributed by atoms with E-state index in [1.54, 1.807) is 0 Å². The lowest BCUT2D eigenvalue weighted by molar-refractivity contribution is 0.0628. The lowest BCUT2D eigenvalue weighted by Crippen LogP contribution is -2.42. The number of amides is 1. The Labute approximate surface area is 122 Å². The Hall–Kier alpha value is -1.51. The molecule has 0 saturated carbocycles. The summed E-state index contributed by atoms with van der Waals surface area (Å²) < 4.78 is 0. The van der Waals surface area contributed by atoms with Gasteiger partial charge in [-0.05, 0) is 44.2 Å². The summed E-state index contributed by atoms with van der Waals surface area (Å²) in [6, 6.07) is 6.07. The summed E-state index contributed by atoms with van der Waals surface area (Å²) >= 11 is 0. The van der Waals surface area contributed by atoms with Gasteiger partial charge in [0.05, 0.1) is 5.56 Å². The molecule has 2 unspecified atom stereocenters. The van der Waals surface area contributed by atoms with Gasteiger partial charge in [0, 0.05) is 25.3 Å². The summed E-state index contributed by atoms with van der Waals surface area (Å²) in [7, 11) is 0. The first-order valence-electron chi connectivity index (χ1n) is 7.66. The lowest BCUT2D eigenvalue weighted by Gasteiger charge is -2.35. The summed E-state index contributed by atoms with van der Waals surface area (Å²) in [6.07, 6.45) is 1.11. The Morgan fingerprint density at radius 3 is 2.75 bits per heavy atom. The van der Waals surface area contributed by atoms with Crippen molar-refractivity contribution >= 4 is 11.6 Å². The summed E-state index contributed by atoms with van der Waals surface area (Å²) in [5, 5.41) is 3.30. The molecule has 0 bridgehead atoms. The number of nitrogens with zero attached hydrogens (tertiary/aromatic N) is 1. The van der Waals surface area contributed by atoms with Gasteiger partial charge >= 0.3 is 0 Å². The smallest absolute Gasteiger partial charge is 0.255 e. The van der Waals surface area contributed by atoms with Crippen molar-refractivity contribution in [2.75, 3.05) is 25.0 Å². The van der Waals surface area contributed by atoms with E-state index in [-0.39, 0.29) is 5.91 Å². The third-order valence-corrected chi connectivity index (χ3v) is 4.39. The second kappa shape index (κ2) is 6.29. The molecule has 1 heterocycles. The van der Waals surface area contributed by atoms with E-state index < -0.39 is 0 Å². The van der Waals surface area contributed by atoms with E-state index in [4.69, 9.17) is 0 Å². The zero-order valence-electron chi connectivity index (χ0n) is 13.1. The highest BCUT2D eigenvalue weighted by Crippen LogP contribution is 2.26. The van der Waals surface area contributed by atoms with Crippen LogP contribution >= 0.6 is 0 Å². The Balaban J connectivity index is 2.22. The number of carbonyl (C=O) groups is 1. The van der Waals surface area contributed by atoms with Crippen molar-refractivity contribution < 1.29 is 4.79 Å². The predicted octanol–water partition coefficient (Wildman–Crippen LogP) is 3.54. The highest BCUT2D eigenvalue weighted by atomic mass is 16.2. The molecule has 0 aromatic heterocycles. The fraction of sp³-hybridized carbons (Fsp3) is 0.588. The van der Waals surface area contributed by atoms with Crippen LogP contribution < -0.4 is 5.32 Å². The second-order valence-corrected chi connectivity index (χ2v) is 6.07. The first kappa shape index (κ1) is 14.9. The maximum atomic E-state index is 12.8. The molecular formula is C17H26N2O. The van der Waals surface area contributed by atoms with Gasteiger partial charge in [-0.2, -0.15) is 0 Å². The van der Waals surface area contributed by atoms with Gasteiger partial charge in [0.25, 0.3) is 5.91 Å². The van der Waals surface area contributed by atoms with E-state index in [9.17, 15) is 4.79 Å². The maximum absolute atomic E-state index is 12.8. The van der Waals surface area contributed by atoms with Crippen LogP contribution in [0.4, 0.5) is 5.69 Å². The minimum absolute atomic E-state index is 0.170. The van der Waals surface area contributed by atoms with Gasteiger partial charge in [-0.15, -0.1) is 0 Å². The predicted molar refractivity (Wildman–Crippen MR) is 84.2 cm³/mol. The molecule has 1 aromatic rings. The molecule has 1 saturated heterocycles. The highest BCUT2D eigenvalue weighted by molar-refractivity contribution is 5.99. The van der Waals surface area contributed by atoms with Gasteiger partial charge in [-0.1, -0.05) is 25.5 Å². The largest absolute Gasteiger partial charge is 0.385 e. The normalized spacial score (nSPS) is 22.7. The van der Waals surface area contributed by atoms with E-state index >= 15 is 0 Å². The van der Waals surface area contributed by atoms with Crippen LogP contribution in [0.15, 0.2) is 18.2 Å². The summed E-state index contributed by atoms with van der Waals surface area (Å²) in [5.41, 5.74) is 2.90. The van der Waals surface area contributed by atoms with E-state index in [1.807, 2.05) is 24.0 Å². The first-order valence-corrected chi connectivity index (χ1v) is 7.66. The van der Waals surface area contributed by atoms with Gasteiger partial charge in [0.1, 0.15) is 0 Å². The van der Waals surface area contributed by atoms with Gasteiger partial charge < -0.3 is 10.2 Å². The minimum Gasteiger partial charge on any atom is -0.385 e. The number of aryl methyl sites for hydroxylation is 1. The van der Waals surface area contributed by atoms with E-state index in [0.717, 1.165) is 42.9 Å². The summed E-state index contributed by atoms with van der Waals surface area (Å²) in [4.78, 5) is 14.8. The van der Waals surface area contributed by atoms with Crippen molar-refractivity contribution in [2.45, 2.75) is 34.1 Å². The van der Waals surface area contributed by atoms with Crippen LogP contribution in [0, 0.1) is 18.8 Å². The van der Waals surface area contributed by atoms with Crippen molar-refractivity contribution in [1.82, 2.24) is 4.90 Å². The molecule has 110 valence electrons. The number of nitrogens with one attached hydrogen (secondary N) is 1. The number of benzene rings is 1. The van der Waals surface area contributed by atoms with Crippen molar-refractivity contribution in [2.24, 2.45) is 11.8 Å². The number of piperidine rings is 1. The second-order valence-electron chi connectivity index (χ2n) is 6.07. The maximum Gasteiger partial charge on any atom is 0.255 e. The van der Waals surface area contributed by atoms with E-state index in [0.29, 0.717) is 11.8 Å². The monoisotopic (exact) mass is 274 g/mol. The van der Waals surface area contributed by atoms with Crippen molar-refractivity contribution in [3.63, 3.8) is 0 Å². The topological polar surface area (TPSA) is 32.3 Å². The molecule has 1 fully saturated rings. The molecule has 1 aliphatic heterocycles. The van der Waals surface area contributed by atoms with Gasteiger partial charge in [0.2, 0.25) is 0 Å². The molecule has 1 aromatic carbocycles. The zero-order valence-corrected chi connectivity index (χ0v) is 13.1. The van der Waals surface area contributed by atoms with Crippen LogP contribution in [0.5, 0.6) is 0 Å². The van der Waals surface area contributed by atoms with E-state index in [2.05, 4.69) is 32.2 Å². The highest BCUT2D eigenvalue weighted by Gasteiger charge is 2.27. The Morgan fingerprint density at radius 1 is 1.35 bits per heavy atom. The number of rotatable bonds is 3. The number of carbonyl (C=O) groups excluding carboxylic acids is 1. The SMILES string of the molecule is CCNc1ccc(C)cc1C(=O)N1CCC(C)C(C)C1. The quantitative estimate of drug-likeness (QED) is 0.914. The molecule has 0 aliphatic carbocycles. The van der Waals surface area contributed by atoms with Crippen LogP contribution in [0.3, 0.4) is 0 Å². The molecule has 0 radical (unpaired) electrons. The molecule has 1 aliphatic rings. The van der Waals surface area contributed by atoms with Crippen LogP contribution in [0.2, 0.25) is 0 Å². The fourth-order valence-corrected chi connectivity index (χ4v) is 2.80. The molecule has 2 rings (SSSR count). The van der Waals surface area contributed by atoms with Crippen molar-refractivity contribution in [3.8, 4) is 0 Å². The van der Waals surface area contributed by atoms with Crippen LogP contribution in [0.1, 0.15) is 43.1 Å². The molecule has 0 spiro atoms. The minimum atomic E-state index is 0.170. The van der Waals surface area contributed by atoms with Gasteiger partial charge in [-0.3, -0.25) is 4.79 Å². The number of hydrogen-bond donors (Lipinski definition) is 1. The molecule has 3 heteroatoms. The Bertz CT molecular complexity index is 484. The number of hydrogen-bond acceptors (Lipinski definition) is 2. The van der Waals surface area contributed by atoms with Crippen molar-refractivity contribution in [1.29, 1.82) is 0 Å². The average Bonchev–Trinajstić information content (AvgIpc) is 2.43. The van der Waals surface area contributed by atoms with Crippen molar-refractivity contribution in [3.05, 3.63) is 29.3 Å². The Kier molecular flexibility index (Phi) is 4.69. The zero-order chi connectivity index (χ0) is 14.7. The van der Waals surface area contributed by atoms with Crippen LogP contribution in [-0.2, 0) is 0 Å². The Morgan fingerprint density at radius 2 is 2.10 bits per heavy atom. The molecule has 20 heavy (non-hydrogen) atoms. The van der Waals surface area contributed by atoms with Gasteiger partial charge in [0.15, 0.2) is 0 Å². The standard InChI is InChI=1S/C17H26N2O/c1-5-18-16-7-6-12(2)10-15(16)17(20)19-9-8-13(3)14(4)11-19/h6-7,10,13-14,18H,5,8-9,11H2,1-4H3. The third-order valence-electron chi connectivity index (χ3n) is 4.39. The summed E-state index contributed by atoms with van der Waals surface area (Å²) in [5.74, 6) is 1.47. The average molecular weight is 274 g/mol. The molecule has 2 atom stereocenters. The number of likely N-dealkylation sites (tertiary alicyclic amines) is 1. The van der Waals surface area contributed by atoms with Crippen LogP contribution in [0.25, 0.3) is 0 Å². The molecular weight excluding hydrogens is 248 g/mol. The van der Waals surface area contributed by atoms with Crippen LogP contribution in [-0.4, -0.2) is 30.4 Å². The third kappa shape index (κ3) is 3.14. The molecule has 3 nitrogen and oxygen atoms in total. The molecule has 1 amide bonds.